The van der Waals surface area contributed by atoms with Crippen LogP contribution >= 0.6 is 0 Å². The minimum absolute atomic E-state index is 0.157. The summed E-state index contributed by atoms with van der Waals surface area (Å²) in [5.74, 6) is -2.78. The third-order valence-electron chi connectivity index (χ3n) is 8.15. The minimum atomic E-state index is -1.13. The molecule has 2 aromatic rings. The summed E-state index contributed by atoms with van der Waals surface area (Å²) in [6, 6.07) is 4.90. The van der Waals surface area contributed by atoms with Crippen LogP contribution in [-0.4, -0.2) is 72.2 Å². The molecular weight excluding hydrogens is 502 g/mol. The van der Waals surface area contributed by atoms with E-state index in [1.54, 1.807) is 13.8 Å². The third-order valence-corrected chi connectivity index (χ3v) is 8.15. The van der Waals surface area contributed by atoms with Gasteiger partial charge >= 0.3 is 5.97 Å². The number of hydrogen-bond donors (Lipinski definition) is 2. The van der Waals surface area contributed by atoms with E-state index in [1.165, 1.54) is 18.7 Å². The SMILES string of the molecule is COc1c([C@@H](C(=O)O)N2CC[C@@H](N(C)CCCCCc3ccc4c(n3)NCCC4)C2)cc(C(C)C)c(F)c1F. The molecule has 2 atom stereocenters. The number of hydrogen-bond acceptors (Lipinski definition) is 6. The highest BCUT2D eigenvalue weighted by Crippen LogP contribution is 2.38. The molecule has 2 N–H and O–H groups in total. The lowest BCUT2D eigenvalue weighted by molar-refractivity contribution is -0.143. The van der Waals surface area contributed by atoms with E-state index in [4.69, 9.17) is 9.72 Å². The largest absolute Gasteiger partial charge is 0.493 e. The standard InChI is InChI=1S/C30H42F2N4O3/c1-19(2)23-17-24(28(39-4)26(32)25(23)31)27(30(37)38)36-16-13-22(18-36)35(3)15-7-5-6-10-21-12-11-20-9-8-14-33-29(20)34-21/h11-12,17,19,22,27H,5-10,13-16,18H2,1-4H3,(H,33,34)(H,37,38)/t22-,27+/m1/s1. The van der Waals surface area contributed by atoms with Crippen molar-refractivity contribution in [3.8, 4) is 5.75 Å². The molecule has 0 amide bonds. The second-order valence-corrected chi connectivity index (χ2v) is 11.2. The molecule has 0 unspecified atom stereocenters. The molecule has 4 rings (SSSR count). The number of aryl methyl sites for hydroxylation is 2. The Balaban J connectivity index is 1.32. The van der Waals surface area contributed by atoms with Gasteiger partial charge in [0.15, 0.2) is 11.6 Å². The number of pyridine rings is 1. The highest BCUT2D eigenvalue weighted by molar-refractivity contribution is 5.77. The van der Waals surface area contributed by atoms with Crippen LogP contribution in [0.5, 0.6) is 5.75 Å². The fraction of sp³-hybridized carbons (Fsp3) is 0.600. The number of methoxy groups -OCH3 is 1. The zero-order valence-corrected chi connectivity index (χ0v) is 23.6. The van der Waals surface area contributed by atoms with Crippen molar-refractivity contribution in [2.75, 3.05) is 45.7 Å². The first kappa shape index (κ1) is 29.2. The van der Waals surface area contributed by atoms with Crippen LogP contribution in [0.15, 0.2) is 18.2 Å². The summed E-state index contributed by atoms with van der Waals surface area (Å²) in [6.07, 6.45) is 7.25. The Morgan fingerprint density at radius 3 is 2.74 bits per heavy atom. The Labute approximate surface area is 230 Å². The van der Waals surface area contributed by atoms with Gasteiger partial charge in [0.2, 0.25) is 5.82 Å². The van der Waals surface area contributed by atoms with E-state index in [9.17, 15) is 18.7 Å². The number of likely N-dealkylation sites (N-methyl/N-ethyl adjacent to an activating group) is 1. The molecule has 7 nitrogen and oxygen atoms in total. The topological polar surface area (TPSA) is 77.9 Å². The molecular formula is C30H42F2N4O3. The number of nitrogens with one attached hydrogen (secondary N) is 1. The van der Waals surface area contributed by atoms with E-state index < -0.39 is 23.6 Å². The number of unbranched alkanes of at least 4 members (excludes halogenated alkanes) is 2. The fourth-order valence-electron chi connectivity index (χ4n) is 5.86. The van der Waals surface area contributed by atoms with E-state index in [2.05, 4.69) is 29.4 Å². The van der Waals surface area contributed by atoms with Crippen molar-refractivity contribution in [1.82, 2.24) is 14.8 Å². The summed E-state index contributed by atoms with van der Waals surface area (Å²) in [5.41, 5.74) is 2.77. The van der Waals surface area contributed by atoms with Gasteiger partial charge in [0.25, 0.3) is 0 Å². The van der Waals surface area contributed by atoms with Crippen LogP contribution in [-0.2, 0) is 17.6 Å². The average Bonchev–Trinajstić information content (AvgIpc) is 3.40. The Morgan fingerprint density at radius 2 is 2.03 bits per heavy atom. The van der Waals surface area contributed by atoms with Crippen LogP contribution in [0.4, 0.5) is 14.6 Å². The van der Waals surface area contributed by atoms with Crippen LogP contribution < -0.4 is 10.1 Å². The Morgan fingerprint density at radius 1 is 1.23 bits per heavy atom. The van der Waals surface area contributed by atoms with Gasteiger partial charge in [0.1, 0.15) is 11.9 Å². The number of likely N-dealkylation sites (tertiary alicyclic amines) is 1. The van der Waals surface area contributed by atoms with Crippen molar-refractivity contribution in [1.29, 1.82) is 0 Å². The van der Waals surface area contributed by atoms with Gasteiger partial charge in [-0.3, -0.25) is 9.69 Å². The molecule has 9 heteroatoms. The second-order valence-electron chi connectivity index (χ2n) is 11.2. The van der Waals surface area contributed by atoms with E-state index in [1.807, 2.05) is 4.90 Å². The van der Waals surface area contributed by atoms with Gasteiger partial charge in [-0.05, 0) is 81.3 Å². The highest BCUT2D eigenvalue weighted by atomic mass is 19.2. The fourth-order valence-corrected chi connectivity index (χ4v) is 5.86. The lowest BCUT2D eigenvalue weighted by Gasteiger charge is -2.29. The van der Waals surface area contributed by atoms with Crippen molar-refractivity contribution >= 4 is 11.8 Å². The number of carbonyl (C=O) groups is 1. The number of halogens is 2. The van der Waals surface area contributed by atoms with Crippen LogP contribution in [0.25, 0.3) is 0 Å². The molecule has 214 valence electrons. The average molecular weight is 545 g/mol. The minimum Gasteiger partial charge on any atom is -0.493 e. The molecule has 39 heavy (non-hydrogen) atoms. The summed E-state index contributed by atoms with van der Waals surface area (Å²) in [4.78, 5) is 21.3. The number of carboxylic acids is 1. The number of nitrogens with zero attached hydrogens (tertiary/aromatic N) is 3. The predicted octanol–water partition coefficient (Wildman–Crippen LogP) is 5.39. The van der Waals surface area contributed by atoms with E-state index in [0.717, 1.165) is 69.5 Å². The van der Waals surface area contributed by atoms with Crippen molar-refractivity contribution in [2.45, 2.75) is 76.8 Å². The van der Waals surface area contributed by atoms with Crippen molar-refractivity contribution < 1.29 is 23.4 Å². The first-order chi connectivity index (χ1) is 18.7. The maximum Gasteiger partial charge on any atom is 0.325 e. The van der Waals surface area contributed by atoms with Gasteiger partial charge in [0, 0.05) is 36.9 Å². The quantitative estimate of drug-likeness (QED) is 0.347. The Bertz CT molecular complexity index is 1160. The van der Waals surface area contributed by atoms with Crippen LogP contribution in [0.1, 0.15) is 80.3 Å². The second kappa shape index (κ2) is 13.0. The number of aromatic nitrogens is 1. The number of fused-ring (bicyclic) bond motifs is 1. The monoisotopic (exact) mass is 544 g/mol. The van der Waals surface area contributed by atoms with Crippen molar-refractivity contribution in [2.24, 2.45) is 0 Å². The van der Waals surface area contributed by atoms with Crippen LogP contribution in [0.2, 0.25) is 0 Å². The molecule has 0 spiro atoms. The molecule has 0 bridgehead atoms. The normalized spacial score (nSPS) is 18.3. The molecule has 2 aliphatic heterocycles. The number of benzene rings is 1. The number of carboxylic acid groups (broad SMARTS) is 1. The molecule has 2 aliphatic rings. The van der Waals surface area contributed by atoms with Crippen molar-refractivity contribution in [3.63, 3.8) is 0 Å². The maximum absolute atomic E-state index is 14.9. The Kier molecular flexibility index (Phi) is 9.77. The van der Waals surface area contributed by atoms with Crippen LogP contribution in [0.3, 0.4) is 0 Å². The van der Waals surface area contributed by atoms with Gasteiger partial charge in [0.05, 0.1) is 7.11 Å². The molecule has 0 radical (unpaired) electrons. The Hall–Kier alpha value is -2.78. The molecule has 1 aromatic heterocycles. The smallest absolute Gasteiger partial charge is 0.325 e. The summed E-state index contributed by atoms with van der Waals surface area (Å²) in [6.45, 7) is 6.52. The van der Waals surface area contributed by atoms with Gasteiger partial charge in [-0.1, -0.05) is 26.3 Å². The number of anilines is 1. The lowest BCUT2D eigenvalue weighted by atomic mass is 9.95. The number of ether oxygens (including phenoxy) is 1. The molecule has 1 fully saturated rings. The lowest BCUT2D eigenvalue weighted by Crippen LogP contribution is -2.38. The van der Waals surface area contributed by atoms with Gasteiger partial charge < -0.3 is 20.1 Å². The van der Waals surface area contributed by atoms with Gasteiger partial charge in [-0.15, -0.1) is 0 Å². The first-order valence-corrected chi connectivity index (χ1v) is 14.2. The third kappa shape index (κ3) is 6.69. The predicted molar refractivity (Wildman–Crippen MR) is 149 cm³/mol. The molecule has 0 aliphatic carbocycles. The van der Waals surface area contributed by atoms with Crippen LogP contribution in [0, 0.1) is 11.6 Å². The van der Waals surface area contributed by atoms with Crippen molar-refractivity contribution in [3.05, 3.63) is 52.2 Å². The van der Waals surface area contributed by atoms with E-state index in [0.29, 0.717) is 13.1 Å². The highest BCUT2D eigenvalue weighted by Gasteiger charge is 2.38. The summed E-state index contributed by atoms with van der Waals surface area (Å²) in [5, 5.41) is 13.5. The summed E-state index contributed by atoms with van der Waals surface area (Å²) < 4.78 is 34.6. The van der Waals surface area contributed by atoms with Gasteiger partial charge in [-0.25, -0.2) is 9.37 Å². The van der Waals surface area contributed by atoms with E-state index >= 15 is 0 Å². The zero-order valence-electron chi connectivity index (χ0n) is 23.6. The zero-order chi connectivity index (χ0) is 28.1. The molecule has 1 saturated heterocycles. The van der Waals surface area contributed by atoms with E-state index in [-0.39, 0.29) is 28.8 Å². The first-order valence-electron chi connectivity index (χ1n) is 14.2. The molecule has 3 heterocycles. The maximum atomic E-state index is 14.9. The summed E-state index contributed by atoms with van der Waals surface area (Å²) in [7, 11) is 3.32. The summed E-state index contributed by atoms with van der Waals surface area (Å²) >= 11 is 0. The molecule has 1 aromatic carbocycles. The molecule has 0 saturated carbocycles. The number of rotatable bonds is 12. The number of aliphatic carboxylic acids is 1. The van der Waals surface area contributed by atoms with Gasteiger partial charge in [-0.2, -0.15) is 4.39 Å².